The highest BCUT2D eigenvalue weighted by Crippen LogP contribution is 2.30. The molecule has 0 radical (unpaired) electrons. The molecule has 0 spiro atoms. The Labute approximate surface area is 114 Å². The van der Waals surface area contributed by atoms with Crippen molar-refractivity contribution in [1.82, 2.24) is 20.2 Å². The zero-order valence-corrected chi connectivity index (χ0v) is 11.2. The molecule has 1 saturated heterocycles. The van der Waals surface area contributed by atoms with E-state index in [0.29, 0.717) is 17.8 Å². The normalized spacial score (nSPS) is 21.1. The Balaban J connectivity index is 2.02. The minimum atomic E-state index is -3.04. The van der Waals surface area contributed by atoms with Gasteiger partial charge in [0.2, 0.25) is 0 Å². The molecule has 1 aliphatic heterocycles. The van der Waals surface area contributed by atoms with Gasteiger partial charge in [-0.05, 0) is 35.0 Å². The molecule has 1 atom stereocenters. The maximum Gasteiger partial charge on any atom is 0.184 e. The number of nitrogens with zero attached hydrogens (tertiary/aromatic N) is 4. The van der Waals surface area contributed by atoms with Gasteiger partial charge in [0.1, 0.15) is 5.82 Å². The summed E-state index contributed by atoms with van der Waals surface area (Å²) in [4.78, 5) is 0. The summed E-state index contributed by atoms with van der Waals surface area (Å²) in [5.41, 5.74) is 6.46. The van der Waals surface area contributed by atoms with Crippen LogP contribution in [0.1, 0.15) is 12.5 Å². The van der Waals surface area contributed by atoms with E-state index in [4.69, 9.17) is 5.73 Å². The van der Waals surface area contributed by atoms with Gasteiger partial charge in [0.05, 0.1) is 17.5 Å². The Morgan fingerprint density at radius 1 is 1.40 bits per heavy atom. The van der Waals surface area contributed by atoms with Gasteiger partial charge < -0.3 is 5.73 Å². The summed E-state index contributed by atoms with van der Waals surface area (Å²) in [6.07, 6.45) is 0.460. The van der Waals surface area contributed by atoms with Crippen molar-refractivity contribution in [2.75, 3.05) is 17.2 Å². The number of anilines is 1. The fraction of sp³-hybridized carbons (Fsp3) is 0.364. The van der Waals surface area contributed by atoms with Gasteiger partial charge in [-0.25, -0.2) is 17.5 Å². The second kappa shape index (κ2) is 4.51. The molecule has 7 nitrogen and oxygen atoms in total. The molecule has 106 valence electrons. The molecule has 1 aromatic heterocycles. The first-order chi connectivity index (χ1) is 9.46. The maximum atomic E-state index is 13.1. The summed E-state index contributed by atoms with van der Waals surface area (Å²) in [5.74, 6) is 0.0282. The largest absolute Gasteiger partial charge is 0.398 e. The minimum absolute atomic E-state index is 0.00609. The molecule has 0 aliphatic carbocycles. The Morgan fingerprint density at radius 3 is 2.85 bits per heavy atom. The monoisotopic (exact) mass is 297 g/mol. The van der Waals surface area contributed by atoms with Gasteiger partial charge in [0, 0.05) is 11.3 Å². The molecule has 1 fully saturated rings. The molecule has 0 amide bonds. The Kier molecular flexibility index (Phi) is 2.93. The van der Waals surface area contributed by atoms with Crippen LogP contribution in [-0.2, 0) is 9.84 Å². The van der Waals surface area contributed by atoms with E-state index < -0.39 is 15.7 Å². The molecule has 2 heterocycles. The van der Waals surface area contributed by atoms with Crippen molar-refractivity contribution in [3.05, 3.63) is 24.0 Å². The molecule has 2 aromatic rings. The van der Waals surface area contributed by atoms with Crippen molar-refractivity contribution in [1.29, 1.82) is 0 Å². The van der Waals surface area contributed by atoms with Gasteiger partial charge in [0.15, 0.2) is 15.7 Å². The minimum Gasteiger partial charge on any atom is -0.398 e. The Bertz CT molecular complexity index is 758. The standard InChI is InChI=1S/C11H12FN5O2S/c12-7-1-2-9(10(13)5-7)11-14-15-16-17(11)8-3-4-20(18,19)6-8/h1-2,5,8H,3-4,6,13H2. The van der Waals surface area contributed by atoms with Crippen LogP contribution in [0.3, 0.4) is 0 Å². The third kappa shape index (κ3) is 2.24. The van der Waals surface area contributed by atoms with E-state index >= 15 is 0 Å². The molecule has 1 aliphatic rings. The molecule has 3 rings (SSSR count). The number of hydrogen-bond acceptors (Lipinski definition) is 6. The lowest BCUT2D eigenvalue weighted by molar-refractivity contribution is 0.489. The average molecular weight is 297 g/mol. The lowest BCUT2D eigenvalue weighted by atomic mass is 10.1. The first-order valence-electron chi connectivity index (χ1n) is 6.00. The average Bonchev–Trinajstić information content (AvgIpc) is 2.95. The van der Waals surface area contributed by atoms with Crippen molar-refractivity contribution >= 4 is 15.5 Å². The van der Waals surface area contributed by atoms with Crippen LogP contribution in [0, 0.1) is 5.82 Å². The third-order valence-electron chi connectivity index (χ3n) is 3.30. The van der Waals surface area contributed by atoms with Crippen molar-refractivity contribution in [3.8, 4) is 11.4 Å². The van der Waals surface area contributed by atoms with Crippen LogP contribution in [0.4, 0.5) is 10.1 Å². The predicted molar refractivity (Wildman–Crippen MR) is 69.9 cm³/mol. The van der Waals surface area contributed by atoms with E-state index in [1.54, 1.807) is 0 Å². The molecule has 0 bridgehead atoms. The Morgan fingerprint density at radius 2 is 2.20 bits per heavy atom. The fourth-order valence-corrected chi connectivity index (χ4v) is 4.01. The summed E-state index contributed by atoms with van der Waals surface area (Å²) in [6, 6.07) is 3.61. The van der Waals surface area contributed by atoms with E-state index in [-0.39, 0.29) is 23.2 Å². The summed E-state index contributed by atoms with van der Waals surface area (Å²) in [5, 5.41) is 11.3. The van der Waals surface area contributed by atoms with Gasteiger partial charge in [0.25, 0.3) is 0 Å². The van der Waals surface area contributed by atoms with Gasteiger partial charge >= 0.3 is 0 Å². The number of aromatic nitrogens is 4. The van der Waals surface area contributed by atoms with Gasteiger partial charge in [-0.15, -0.1) is 5.10 Å². The molecule has 0 saturated carbocycles. The Hall–Kier alpha value is -2.03. The van der Waals surface area contributed by atoms with Gasteiger partial charge in [-0.3, -0.25) is 0 Å². The predicted octanol–water partition coefficient (Wildman–Crippen LogP) is 0.421. The van der Waals surface area contributed by atoms with Crippen molar-refractivity contribution < 1.29 is 12.8 Å². The van der Waals surface area contributed by atoms with E-state index in [0.717, 1.165) is 0 Å². The summed E-state index contributed by atoms with van der Waals surface area (Å²) >= 11 is 0. The van der Waals surface area contributed by atoms with Gasteiger partial charge in [-0.1, -0.05) is 0 Å². The van der Waals surface area contributed by atoms with Crippen LogP contribution < -0.4 is 5.73 Å². The summed E-state index contributed by atoms with van der Waals surface area (Å²) < 4.78 is 37.6. The number of sulfone groups is 1. The smallest absolute Gasteiger partial charge is 0.184 e. The molecule has 1 unspecified atom stereocenters. The van der Waals surface area contributed by atoms with E-state index in [1.807, 2.05) is 0 Å². The second-order valence-electron chi connectivity index (χ2n) is 4.74. The zero-order chi connectivity index (χ0) is 14.3. The van der Waals surface area contributed by atoms with Crippen LogP contribution in [0.15, 0.2) is 18.2 Å². The summed E-state index contributed by atoms with van der Waals surface area (Å²) in [6.45, 7) is 0. The highest BCUT2D eigenvalue weighted by Gasteiger charge is 2.32. The van der Waals surface area contributed by atoms with Gasteiger partial charge in [-0.2, -0.15) is 0 Å². The van der Waals surface area contributed by atoms with Crippen molar-refractivity contribution in [2.24, 2.45) is 0 Å². The third-order valence-corrected chi connectivity index (χ3v) is 5.05. The van der Waals surface area contributed by atoms with Crippen LogP contribution in [-0.4, -0.2) is 40.1 Å². The van der Waals surface area contributed by atoms with Crippen molar-refractivity contribution in [2.45, 2.75) is 12.5 Å². The highest BCUT2D eigenvalue weighted by molar-refractivity contribution is 7.91. The maximum absolute atomic E-state index is 13.1. The molecule has 9 heteroatoms. The van der Waals surface area contributed by atoms with Crippen LogP contribution >= 0.6 is 0 Å². The number of benzene rings is 1. The lowest BCUT2D eigenvalue weighted by Crippen LogP contribution is -2.14. The lowest BCUT2D eigenvalue weighted by Gasteiger charge is -2.11. The van der Waals surface area contributed by atoms with Crippen LogP contribution in [0.5, 0.6) is 0 Å². The second-order valence-corrected chi connectivity index (χ2v) is 6.96. The zero-order valence-electron chi connectivity index (χ0n) is 10.4. The number of tetrazole rings is 1. The number of hydrogen-bond donors (Lipinski definition) is 1. The highest BCUT2D eigenvalue weighted by atomic mass is 32.2. The van der Waals surface area contributed by atoms with Crippen LogP contribution in [0.25, 0.3) is 11.4 Å². The molecule has 20 heavy (non-hydrogen) atoms. The molecule has 2 N–H and O–H groups in total. The van der Waals surface area contributed by atoms with Crippen LogP contribution in [0.2, 0.25) is 0 Å². The van der Waals surface area contributed by atoms with E-state index in [9.17, 15) is 12.8 Å². The topological polar surface area (TPSA) is 104 Å². The SMILES string of the molecule is Nc1cc(F)ccc1-c1nnnn1C1CCS(=O)(=O)C1. The quantitative estimate of drug-likeness (QED) is 0.806. The van der Waals surface area contributed by atoms with Crippen molar-refractivity contribution in [3.63, 3.8) is 0 Å². The number of halogens is 1. The molecular weight excluding hydrogens is 285 g/mol. The first-order valence-corrected chi connectivity index (χ1v) is 7.82. The fourth-order valence-electron chi connectivity index (χ4n) is 2.32. The number of rotatable bonds is 2. The number of nitrogens with two attached hydrogens (primary N) is 1. The first kappa shape index (κ1) is 13.0. The molecular formula is C11H12FN5O2S. The molecule has 1 aromatic carbocycles. The summed E-state index contributed by atoms with van der Waals surface area (Å²) in [7, 11) is -3.04. The number of nitrogen functional groups attached to an aromatic ring is 1. The van der Waals surface area contributed by atoms with E-state index in [1.165, 1.54) is 22.9 Å². The van der Waals surface area contributed by atoms with E-state index in [2.05, 4.69) is 15.5 Å².